The monoisotopic (exact) mass is 300 g/mol. The molecule has 22 heavy (non-hydrogen) atoms. The molecule has 0 aromatic heterocycles. The van der Waals surface area contributed by atoms with Crippen LogP contribution in [0, 0.1) is 28.6 Å². The standard InChI is InChI=1S/C20H28O2/c1-18(22)10-11-19(2)13(12-18)4-5-14-15-6-7-17(21)20(15,3)9-8-16(14)19/h4,7,10-11,14-16,21-22H,5-6,8-9,12H2,1-3H3/t14-,15-,16-,18-,19-,20-/m0/s1. The second-order valence-corrected chi connectivity index (χ2v) is 8.77. The van der Waals surface area contributed by atoms with Crippen molar-refractivity contribution in [2.24, 2.45) is 28.6 Å². The smallest absolute Gasteiger partial charge is 0.0944 e. The maximum atomic E-state index is 10.4. The van der Waals surface area contributed by atoms with Crippen LogP contribution in [0.1, 0.15) is 52.9 Å². The number of aliphatic hydroxyl groups is 2. The highest BCUT2D eigenvalue weighted by atomic mass is 16.3. The molecule has 4 rings (SSSR count). The van der Waals surface area contributed by atoms with Crippen molar-refractivity contribution >= 4 is 0 Å². The Morgan fingerprint density at radius 2 is 1.82 bits per heavy atom. The first-order valence-corrected chi connectivity index (χ1v) is 8.78. The molecule has 6 atom stereocenters. The van der Waals surface area contributed by atoms with Gasteiger partial charge in [0, 0.05) is 17.3 Å². The van der Waals surface area contributed by atoms with Gasteiger partial charge in [-0.15, -0.1) is 0 Å². The number of hydrogen-bond acceptors (Lipinski definition) is 2. The third-order valence-corrected chi connectivity index (χ3v) is 7.41. The molecule has 4 aliphatic rings. The fourth-order valence-corrected chi connectivity index (χ4v) is 5.93. The van der Waals surface area contributed by atoms with E-state index < -0.39 is 5.60 Å². The van der Waals surface area contributed by atoms with Gasteiger partial charge in [0.05, 0.1) is 11.4 Å². The van der Waals surface area contributed by atoms with E-state index in [1.807, 2.05) is 13.0 Å². The van der Waals surface area contributed by atoms with Gasteiger partial charge in [0.2, 0.25) is 0 Å². The molecule has 1 fully saturated rings. The largest absolute Gasteiger partial charge is 0.512 e. The van der Waals surface area contributed by atoms with E-state index in [0.29, 0.717) is 23.5 Å². The van der Waals surface area contributed by atoms with E-state index in [2.05, 4.69) is 32.1 Å². The molecule has 0 bridgehead atoms. The lowest BCUT2D eigenvalue weighted by Crippen LogP contribution is -2.49. The summed E-state index contributed by atoms with van der Waals surface area (Å²) in [5.74, 6) is 2.52. The molecular formula is C20H28O2. The summed E-state index contributed by atoms with van der Waals surface area (Å²) in [6, 6.07) is 0. The number of rotatable bonds is 0. The fraction of sp³-hybridized carbons (Fsp3) is 0.700. The van der Waals surface area contributed by atoms with Crippen molar-refractivity contribution in [3.05, 3.63) is 35.6 Å². The van der Waals surface area contributed by atoms with Crippen LogP contribution in [-0.4, -0.2) is 15.8 Å². The molecular weight excluding hydrogens is 272 g/mol. The SMILES string of the molecule is C[C@]1(O)C=C[C@@]2(C)C(=CC[C@@H]3[C@@H]2CC[C@]2(C)C(O)=CC[C@@H]32)C1. The predicted octanol–water partition coefficient (Wildman–Crippen LogP) is 4.53. The molecule has 120 valence electrons. The highest BCUT2D eigenvalue weighted by molar-refractivity contribution is 5.35. The van der Waals surface area contributed by atoms with Crippen molar-refractivity contribution in [2.45, 2.75) is 58.5 Å². The lowest BCUT2D eigenvalue weighted by molar-refractivity contribution is -0.0149. The molecule has 0 amide bonds. The van der Waals surface area contributed by atoms with Gasteiger partial charge in [-0.05, 0) is 56.4 Å². The molecule has 0 heterocycles. The second-order valence-electron chi connectivity index (χ2n) is 8.77. The van der Waals surface area contributed by atoms with Gasteiger partial charge < -0.3 is 10.2 Å². The van der Waals surface area contributed by atoms with Crippen molar-refractivity contribution in [3.8, 4) is 0 Å². The molecule has 2 N–H and O–H groups in total. The van der Waals surface area contributed by atoms with E-state index >= 15 is 0 Å². The molecule has 0 spiro atoms. The molecule has 0 radical (unpaired) electrons. The summed E-state index contributed by atoms with van der Waals surface area (Å²) in [7, 11) is 0. The zero-order valence-electron chi connectivity index (χ0n) is 14.0. The average molecular weight is 300 g/mol. The molecule has 0 saturated heterocycles. The Labute approximate surface area is 133 Å². The molecule has 4 aliphatic carbocycles. The van der Waals surface area contributed by atoms with Crippen LogP contribution >= 0.6 is 0 Å². The fourth-order valence-electron chi connectivity index (χ4n) is 5.93. The van der Waals surface area contributed by atoms with Crippen LogP contribution in [0.5, 0.6) is 0 Å². The lowest BCUT2D eigenvalue weighted by atomic mass is 9.48. The van der Waals surface area contributed by atoms with Gasteiger partial charge in [-0.3, -0.25) is 0 Å². The van der Waals surface area contributed by atoms with E-state index in [1.54, 1.807) is 0 Å². The van der Waals surface area contributed by atoms with Crippen molar-refractivity contribution in [2.75, 3.05) is 0 Å². The van der Waals surface area contributed by atoms with Gasteiger partial charge in [-0.1, -0.05) is 37.6 Å². The van der Waals surface area contributed by atoms with Crippen LogP contribution in [0.4, 0.5) is 0 Å². The summed E-state index contributed by atoms with van der Waals surface area (Å²) < 4.78 is 0. The van der Waals surface area contributed by atoms with Crippen molar-refractivity contribution in [1.29, 1.82) is 0 Å². The van der Waals surface area contributed by atoms with Crippen LogP contribution in [-0.2, 0) is 0 Å². The highest BCUT2D eigenvalue weighted by Crippen LogP contribution is 2.63. The highest BCUT2D eigenvalue weighted by Gasteiger charge is 2.56. The summed E-state index contributed by atoms with van der Waals surface area (Å²) in [5, 5.41) is 20.7. The lowest BCUT2D eigenvalue weighted by Gasteiger charge is -2.56. The maximum Gasteiger partial charge on any atom is 0.0944 e. The van der Waals surface area contributed by atoms with E-state index in [1.165, 1.54) is 12.0 Å². The van der Waals surface area contributed by atoms with Gasteiger partial charge in [0.15, 0.2) is 0 Å². The predicted molar refractivity (Wildman–Crippen MR) is 88.3 cm³/mol. The average Bonchev–Trinajstić information content (AvgIpc) is 2.76. The minimum Gasteiger partial charge on any atom is -0.512 e. The first-order chi connectivity index (χ1) is 10.3. The van der Waals surface area contributed by atoms with Crippen LogP contribution in [0.3, 0.4) is 0 Å². The molecule has 0 unspecified atom stereocenters. The summed E-state index contributed by atoms with van der Waals surface area (Å²) in [5.41, 5.74) is 0.853. The number of hydrogen-bond donors (Lipinski definition) is 2. The molecule has 2 heteroatoms. The Kier molecular flexibility index (Phi) is 2.84. The molecule has 2 nitrogen and oxygen atoms in total. The van der Waals surface area contributed by atoms with Crippen molar-refractivity contribution in [1.82, 2.24) is 0 Å². The Morgan fingerprint density at radius 3 is 2.59 bits per heavy atom. The molecule has 0 aromatic rings. The zero-order chi connectivity index (χ0) is 15.8. The Morgan fingerprint density at radius 1 is 1.05 bits per heavy atom. The topological polar surface area (TPSA) is 40.5 Å². The Hall–Kier alpha value is -1.02. The summed E-state index contributed by atoms with van der Waals surface area (Å²) >= 11 is 0. The van der Waals surface area contributed by atoms with E-state index in [9.17, 15) is 10.2 Å². The van der Waals surface area contributed by atoms with E-state index in [4.69, 9.17) is 0 Å². The summed E-state index contributed by atoms with van der Waals surface area (Å²) in [6.45, 7) is 6.54. The van der Waals surface area contributed by atoms with E-state index in [0.717, 1.165) is 25.7 Å². The van der Waals surface area contributed by atoms with Crippen LogP contribution in [0.2, 0.25) is 0 Å². The van der Waals surface area contributed by atoms with Crippen molar-refractivity contribution < 1.29 is 10.2 Å². The van der Waals surface area contributed by atoms with Crippen LogP contribution in [0.25, 0.3) is 0 Å². The normalized spacial score (nSPS) is 53.2. The van der Waals surface area contributed by atoms with Crippen LogP contribution in [0.15, 0.2) is 35.6 Å². The molecule has 1 saturated carbocycles. The van der Waals surface area contributed by atoms with Gasteiger partial charge in [-0.25, -0.2) is 0 Å². The van der Waals surface area contributed by atoms with Gasteiger partial charge in [0.1, 0.15) is 0 Å². The first kappa shape index (κ1) is 14.6. The van der Waals surface area contributed by atoms with Crippen molar-refractivity contribution in [3.63, 3.8) is 0 Å². The zero-order valence-corrected chi connectivity index (χ0v) is 14.0. The van der Waals surface area contributed by atoms with Gasteiger partial charge >= 0.3 is 0 Å². The minimum absolute atomic E-state index is 0.00669. The molecule has 0 aliphatic heterocycles. The van der Waals surface area contributed by atoms with Gasteiger partial charge in [-0.2, -0.15) is 0 Å². The van der Waals surface area contributed by atoms with Crippen LogP contribution < -0.4 is 0 Å². The molecule has 0 aromatic carbocycles. The quantitative estimate of drug-likeness (QED) is 0.645. The second kappa shape index (κ2) is 4.29. The number of fused-ring (bicyclic) bond motifs is 5. The Bertz CT molecular complexity index is 597. The third kappa shape index (κ3) is 1.76. The first-order valence-electron chi connectivity index (χ1n) is 8.78. The van der Waals surface area contributed by atoms with E-state index in [-0.39, 0.29) is 10.8 Å². The minimum atomic E-state index is -0.686. The van der Waals surface area contributed by atoms with Gasteiger partial charge in [0.25, 0.3) is 0 Å². The third-order valence-electron chi connectivity index (χ3n) is 7.41. The summed E-state index contributed by atoms with van der Waals surface area (Å²) in [6.07, 6.45) is 14.0. The number of allylic oxidation sites excluding steroid dienone is 4. The number of aliphatic hydroxyl groups excluding tert-OH is 1. The Balaban J connectivity index is 1.71. The summed E-state index contributed by atoms with van der Waals surface area (Å²) in [4.78, 5) is 0. The maximum absolute atomic E-state index is 10.4.